The molecule has 1 spiro atoms. The molecule has 0 aliphatic carbocycles. The second-order valence-electron chi connectivity index (χ2n) is 9.11. The number of carbonyl (C=O) groups excluding carboxylic acids is 1. The summed E-state index contributed by atoms with van der Waals surface area (Å²) in [4.78, 5) is 26.7. The first-order valence-electron chi connectivity index (χ1n) is 11.0. The van der Waals surface area contributed by atoms with Crippen LogP contribution in [-0.2, 0) is 11.3 Å². The molecule has 0 bridgehead atoms. The van der Waals surface area contributed by atoms with Crippen molar-refractivity contribution >= 4 is 22.4 Å². The normalized spacial score (nSPS) is 31.8. The third-order valence-corrected chi connectivity index (χ3v) is 8.65. The maximum atomic E-state index is 13.6. The van der Waals surface area contributed by atoms with Crippen LogP contribution >= 0.6 is 11.3 Å². The van der Waals surface area contributed by atoms with Gasteiger partial charge in [0.15, 0.2) is 5.13 Å². The highest BCUT2D eigenvalue weighted by Gasteiger charge is 2.65. The van der Waals surface area contributed by atoms with E-state index in [2.05, 4.69) is 16.0 Å². The van der Waals surface area contributed by atoms with E-state index in [9.17, 15) is 4.79 Å². The zero-order valence-corrected chi connectivity index (χ0v) is 17.8. The molecule has 6 rings (SSSR count). The van der Waals surface area contributed by atoms with Crippen LogP contribution in [0.1, 0.15) is 54.5 Å². The maximum Gasteiger partial charge on any atom is 0.243 e. The molecule has 7 heteroatoms. The van der Waals surface area contributed by atoms with Crippen LogP contribution in [0.25, 0.3) is 0 Å². The lowest BCUT2D eigenvalue weighted by atomic mass is 9.85. The highest BCUT2D eigenvalue weighted by molar-refractivity contribution is 7.15. The molecule has 29 heavy (non-hydrogen) atoms. The summed E-state index contributed by atoms with van der Waals surface area (Å²) < 4.78 is 5.75. The van der Waals surface area contributed by atoms with Gasteiger partial charge in [-0.1, -0.05) is 0 Å². The Hall–Kier alpha value is -1.86. The summed E-state index contributed by atoms with van der Waals surface area (Å²) in [6.45, 7) is 6.70. The molecule has 3 atom stereocenters. The minimum atomic E-state index is -0.288. The molecule has 2 aromatic heterocycles. The van der Waals surface area contributed by atoms with Gasteiger partial charge >= 0.3 is 0 Å². The van der Waals surface area contributed by atoms with Crippen molar-refractivity contribution in [2.24, 2.45) is 5.92 Å². The predicted octanol–water partition coefficient (Wildman–Crippen LogP) is 3.58. The van der Waals surface area contributed by atoms with Gasteiger partial charge in [-0.05, 0) is 57.7 Å². The Balaban J connectivity index is 1.25. The van der Waals surface area contributed by atoms with Crippen molar-refractivity contribution in [1.29, 1.82) is 0 Å². The topological polar surface area (TPSA) is 52.8 Å². The number of carbonyl (C=O) groups is 1. The summed E-state index contributed by atoms with van der Waals surface area (Å²) in [6.07, 6.45) is 7.82. The molecule has 0 aromatic carbocycles. The predicted molar refractivity (Wildman–Crippen MR) is 112 cm³/mol. The zero-order chi connectivity index (χ0) is 19.6. The fourth-order valence-electron chi connectivity index (χ4n) is 6.23. The highest BCUT2D eigenvalue weighted by Crippen LogP contribution is 2.57. The second kappa shape index (κ2) is 6.57. The Bertz CT molecular complexity index is 933. The third-order valence-electron chi connectivity index (χ3n) is 7.49. The number of anilines is 1. The molecular weight excluding hydrogens is 384 g/mol. The van der Waals surface area contributed by atoms with Gasteiger partial charge in [-0.15, -0.1) is 11.3 Å². The molecule has 0 saturated carbocycles. The molecule has 6 nitrogen and oxygen atoms in total. The van der Waals surface area contributed by atoms with Gasteiger partial charge < -0.3 is 14.2 Å². The Labute approximate surface area is 175 Å². The van der Waals surface area contributed by atoms with Crippen molar-refractivity contribution in [2.75, 3.05) is 31.1 Å². The van der Waals surface area contributed by atoms with Crippen LogP contribution in [0.4, 0.5) is 5.13 Å². The number of aromatic nitrogens is 1. The van der Waals surface area contributed by atoms with E-state index < -0.39 is 0 Å². The SMILES string of the molecule is Cc1ccc(CN2C[C@@H]3C[C@@H](c4cnc(N5CCCC5)s4)N4CCC[C@@]34C2=O)o1. The monoisotopic (exact) mass is 412 g/mol. The summed E-state index contributed by atoms with van der Waals surface area (Å²) >= 11 is 1.85. The minimum absolute atomic E-state index is 0.288. The Kier molecular flexibility index (Phi) is 4.07. The van der Waals surface area contributed by atoms with E-state index >= 15 is 0 Å². The van der Waals surface area contributed by atoms with Gasteiger partial charge in [0.2, 0.25) is 5.91 Å². The number of amides is 1. The average Bonchev–Trinajstić information content (AvgIpc) is 3.50. The molecule has 4 aliphatic heterocycles. The van der Waals surface area contributed by atoms with Crippen molar-refractivity contribution < 1.29 is 9.21 Å². The first-order chi connectivity index (χ1) is 14.1. The number of likely N-dealkylation sites (tertiary alicyclic amines) is 1. The number of nitrogens with zero attached hydrogens (tertiary/aromatic N) is 4. The molecule has 6 heterocycles. The number of aryl methyl sites for hydroxylation is 1. The average molecular weight is 413 g/mol. The first kappa shape index (κ1) is 18.0. The van der Waals surface area contributed by atoms with Crippen molar-refractivity contribution in [3.05, 3.63) is 34.7 Å². The van der Waals surface area contributed by atoms with Crippen LogP contribution in [0.2, 0.25) is 0 Å². The lowest BCUT2D eigenvalue weighted by Gasteiger charge is -2.33. The summed E-state index contributed by atoms with van der Waals surface area (Å²) in [5.41, 5.74) is -0.288. The standard InChI is InChI=1S/C22H28N4O2S/c1-15-5-6-17(28-15)14-25-13-16-11-18(26-10-4-7-22(16,26)20(25)27)19-12-23-21(29-19)24-8-2-3-9-24/h5-6,12,16,18H,2-4,7-11,13-14H2,1H3/t16-,18-,22-/m0/s1. The Morgan fingerprint density at radius 2 is 2.10 bits per heavy atom. The number of hydrogen-bond donors (Lipinski definition) is 0. The van der Waals surface area contributed by atoms with Gasteiger partial charge in [-0.3, -0.25) is 9.69 Å². The molecule has 2 aromatic rings. The van der Waals surface area contributed by atoms with Crippen molar-refractivity contribution in [3.8, 4) is 0 Å². The van der Waals surface area contributed by atoms with E-state index in [1.807, 2.05) is 35.3 Å². The first-order valence-corrected chi connectivity index (χ1v) is 11.8. The second-order valence-corrected chi connectivity index (χ2v) is 10.1. The Morgan fingerprint density at radius 3 is 2.90 bits per heavy atom. The summed E-state index contributed by atoms with van der Waals surface area (Å²) in [6, 6.07) is 4.34. The highest BCUT2D eigenvalue weighted by atomic mass is 32.1. The van der Waals surface area contributed by atoms with E-state index in [1.54, 1.807) is 0 Å². The molecule has 1 amide bonds. The van der Waals surface area contributed by atoms with E-state index in [0.29, 0.717) is 24.4 Å². The molecule has 4 aliphatic rings. The lowest BCUT2D eigenvalue weighted by molar-refractivity contribution is -0.137. The number of rotatable bonds is 4. The molecular formula is C22H28N4O2S. The van der Waals surface area contributed by atoms with Gasteiger partial charge in [-0.25, -0.2) is 4.98 Å². The smallest absolute Gasteiger partial charge is 0.243 e. The molecule has 4 saturated heterocycles. The number of hydrogen-bond acceptors (Lipinski definition) is 6. The van der Waals surface area contributed by atoms with E-state index in [1.165, 1.54) is 22.9 Å². The fourth-order valence-corrected chi connectivity index (χ4v) is 7.32. The quantitative estimate of drug-likeness (QED) is 0.768. The summed E-state index contributed by atoms with van der Waals surface area (Å²) in [5.74, 6) is 2.54. The van der Waals surface area contributed by atoms with Gasteiger partial charge in [0.25, 0.3) is 0 Å². The number of furan rings is 1. The molecule has 4 fully saturated rings. The largest absolute Gasteiger partial charge is 0.464 e. The van der Waals surface area contributed by atoms with Crippen molar-refractivity contribution in [3.63, 3.8) is 0 Å². The Morgan fingerprint density at radius 1 is 1.24 bits per heavy atom. The zero-order valence-electron chi connectivity index (χ0n) is 17.0. The maximum absolute atomic E-state index is 13.6. The van der Waals surface area contributed by atoms with Crippen LogP contribution in [-0.4, -0.2) is 52.4 Å². The van der Waals surface area contributed by atoms with Crippen LogP contribution in [0, 0.1) is 12.8 Å². The molecule has 0 N–H and O–H groups in total. The van der Waals surface area contributed by atoms with Crippen LogP contribution in [0.3, 0.4) is 0 Å². The van der Waals surface area contributed by atoms with E-state index in [-0.39, 0.29) is 5.54 Å². The van der Waals surface area contributed by atoms with E-state index in [4.69, 9.17) is 9.40 Å². The van der Waals surface area contributed by atoms with Crippen molar-refractivity contribution in [1.82, 2.24) is 14.8 Å². The molecule has 0 unspecified atom stereocenters. The third kappa shape index (κ3) is 2.63. The van der Waals surface area contributed by atoms with Crippen LogP contribution < -0.4 is 4.90 Å². The number of thiazole rings is 1. The summed E-state index contributed by atoms with van der Waals surface area (Å²) in [7, 11) is 0. The van der Waals surface area contributed by atoms with E-state index in [0.717, 1.165) is 57.0 Å². The molecule has 154 valence electrons. The van der Waals surface area contributed by atoms with Crippen LogP contribution in [0.15, 0.2) is 22.7 Å². The van der Waals surface area contributed by atoms with Gasteiger partial charge in [0.05, 0.1) is 6.54 Å². The van der Waals surface area contributed by atoms with Crippen LogP contribution in [0.5, 0.6) is 0 Å². The minimum Gasteiger partial charge on any atom is -0.464 e. The van der Waals surface area contributed by atoms with Gasteiger partial charge in [0, 0.05) is 42.7 Å². The molecule has 0 radical (unpaired) electrons. The lowest BCUT2D eigenvalue weighted by Crippen LogP contribution is -2.49. The van der Waals surface area contributed by atoms with Gasteiger partial charge in [0.1, 0.15) is 17.1 Å². The van der Waals surface area contributed by atoms with Gasteiger partial charge in [-0.2, -0.15) is 0 Å². The van der Waals surface area contributed by atoms with Crippen molar-refractivity contribution in [2.45, 2.75) is 57.2 Å². The summed E-state index contributed by atoms with van der Waals surface area (Å²) in [5, 5.41) is 1.17. The fraction of sp³-hybridized carbons (Fsp3) is 0.636.